The number of esters is 1. The molecule has 2 aromatic carbocycles. The average Bonchev–Trinajstić information content (AvgIpc) is 3.01. The Morgan fingerprint density at radius 2 is 1.93 bits per heavy atom. The normalized spacial score (nSPS) is 10.7. The molecule has 1 heterocycles. The van der Waals surface area contributed by atoms with Crippen LogP contribution in [0.3, 0.4) is 0 Å². The summed E-state index contributed by atoms with van der Waals surface area (Å²) in [6, 6.07) is 9.82. The van der Waals surface area contributed by atoms with E-state index in [1.165, 1.54) is 24.5 Å². The number of fused-ring (bicyclic) bond motifs is 1. The fourth-order valence-corrected chi connectivity index (χ4v) is 2.74. The zero-order valence-corrected chi connectivity index (χ0v) is 14.9. The standard InChI is InChI=1S/C20H17NO6/c1-12-3-6-16-15(10-26-19(16)7-12)9-20(23)27-11-18(22)14-5-4-13(2)17(8-14)21(24)25/h3-8,10H,9,11H2,1-2H3. The number of Topliss-reactive ketones (excluding diaryl/α,β-unsaturated/α-hetero) is 1. The molecule has 0 saturated carbocycles. The molecule has 0 aliphatic carbocycles. The van der Waals surface area contributed by atoms with Crippen LogP contribution in [0.5, 0.6) is 0 Å². The Bertz CT molecular complexity index is 1050. The van der Waals surface area contributed by atoms with E-state index >= 15 is 0 Å². The maximum Gasteiger partial charge on any atom is 0.310 e. The number of nitrogens with zero attached hydrogens (tertiary/aromatic N) is 1. The number of carbonyl (C=O) groups excluding carboxylic acids is 2. The Labute approximate surface area is 154 Å². The van der Waals surface area contributed by atoms with Gasteiger partial charge in [0.25, 0.3) is 5.69 Å². The number of hydrogen-bond donors (Lipinski definition) is 0. The van der Waals surface area contributed by atoms with E-state index in [2.05, 4.69) is 0 Å². The third-order valence-electron chi connectivity index (χ3n) is 4.24. The molecule has 0 atom stereocenters. The Balaban J connectivity index is 1.64. The third-order valence-corrected chi connectivity index (χ3v) is 4.24. The minimum atomic E-state index is -0.576. The number of rotatable bonds is 6. The first-order chi connectivity index (χ1) is 12.8. The molecule has 0 radical (unpaired) electrons. The fourth-order valence-electron chi connectivity index (χ4n) is 2.74. The summed E-state index contributed by atoms with van der Waals surface area (Å²) in [5.74, 6) is -1.08. The number of nitro groups is 1. The SMILES string of the molecule is Cc1ccc2c(CC(=O)OCC(=O)c3ccc(C)c([N+](=O)[O-])c3)coc2c1. The highest BCUT2D eigenvalue weighted by Crippen LogP contribution is 2.23. The van der Waals surface area contributed by atoms with Crippen molar-refractivity contribution < 1.29 is 23.7 Å². The number of furan rings is 1. The van der Waals surface area contributed by atoms with Gasteiger partial charge < -0.3 is 9.15 Å². The second-order valence-electron chi connectivity index (χ2n) is 6.28. The highest BCUT2D eigenvalue weighted by Gasteiger charge is 2.17. The molecule has 3 rings (SSSR count). The van der Waals surface area contributed by atoms with E-state index in [9.17, 15) is 19.7 Å². The molecular formula is C20H17NO6. The summed E-state index contributed by atoms with van der Waals surface area (Å²) in [7, 11) is 0. The number of benzene rings is 2. The van der Waals surface area contributed by atoms with Crippen LogP contribution >= 0.6 is 0 Å². The lowest BCUT2D eigenvalue weighted by atomic mass is 10.1. The molecule has 0 aliphatic heterocycles. The van der Waals surface area contributed by atoms with Gasteiger partial charge in [0.05, 0.1) is 17.6 Å². The van der Waals surface area contributed by atoms with Gasteiger partial charge in [-0.25, -0.2) is 0 Å². The summed E-state index contributed by atoms with van der Waals surface area (Å²) in [6.07, 6.45) is 1.47. The summed E-state index contributed by atoms with van der Waals surface area (Å²) in [6.45, 7) is 3.05. The number of ketones is 1. The molecule has 0 saturated heterocycles. The van der Waals surface area contributed by atoms with Crippen molar-refractivity contribution in [2.45, 2.75) is 20.3 Å². The monoisotopic (exact) mass is 367 g/mol. The van der Waals surface area contributed by atoms with Crippen molar-refractivity contribution in [3.8, 4) is 0 Å². The largest absolute Gasteiger partial charge is 0.464 e. The van der Waals surface area contributed by atoms with Gasteiger partial charge >= 0.3 is 5.97 Å². The molecule has 0 amide bonds. The number of ether oxygens (including phenoxy) is 1. The van der Waals surface area contributed by atoms with Crippen LogP contribution in [0.15, 0.2) is 47.1 Å². The quantitative estimate of drug-likeness (QED) is 0.283. The first-order valence-electron chi connectivity index (χ1n) is 8.26. The van der Waals surface area contributed by atoms with Crippen LogP contribution in [0.25, 0.3) is 11.0 Å². The van der Waals surface area contributed by atoms with E-state index in [0.717, 1.165) is 10.9 Å². The van der Waals surface area contributed by atoms with Gasteiger partial charge in [0, 0.05) is 28.1 Å². The van der Waals surface area contributed by atoms with Crippen LogP contribution in [0.2, 0.25) is 0 Å². The van der Waals surface area contributed by atoms with E-state index in [1.807, 2.05) is 25.1 Å². The smallest absolute Gasteiger partial charge is 0.310 e. The highest BCUT2D eigenvalue weighted by atomic mass is 16.6. The second kappa shape index (κ2) is 7.41. The Morgan fingerprint density at radius 1 is 1.15 bits per heavy atom. The maximum atomic E-state index is 12.2. The minimum Gasteiger partial charge on any atom is -0.464 e. The Kier molecular flexibility index (Phi) is 5.03. The Hall–Kier alpha value is -3.48. The molecule has 0 aliphatic rings. The van der Waals surface area contributed by atoms with E-state index in [0.29, 0.717) is 16.7 Å². The van der Waals surface area contributed by atoms with Crippen molar-refractivity contribution in [3.63, 3.8) is 0 Å². The van der Waals surface area contributed by atoms with Gasteiger partial charge in [0.15, 0.2) is 6.61 Å². The fraction of sp³-hybridized carbons (Fsp3) is 0.200. The van der Waals surface area contributed by atoms with Crippen LogP contribution in [-0.2, 0) is 16.0 Å². The molecule has 7 heteroatoms. The van der Waals surface area contributed by atoms with Crippen LogP contribution in [-0.4, -0.2) is 23.3 Å². The van der Waals surface area contributed by atoms with E-state index < -0.39 is 23.3 Å². The van der Waals surface area contributed by atoms with Crippen molar-refractivity contribution in [3.05, 3.63) is 75.0 Å². The molecule has 138 valence electrons. The molecule has 7 nitrogen and oxygen atoms in total. The van der Waals surface area contributed by atoms with Gasteiger partial charge in [-0.3, -0.25) is 19.7 Å². The van der Waals surface area contributed by atoms with Crippen LogP contribution in [0.4, 0.5) is 5.69 Å². The van der Waals surface area contributed by atoms with Gasteiger partial charge in [-0.2, -0.15) is 0 Å². The topological polar surface area (TPSA) is 99.7 Å². The molecule has 0 spiro atoms. The van der Waals surface area contributed by atoms with Gasteiger partial charge in [-0.15, -0.1) is 0 Å². The van der Waals surface area contributed by atoms with Gasteiger partial charge in [0.1, 0.15) is 5.58 Å². The minimum absolute atomic E-state index is 0.0304. The summed E-state index contributed by atoms with van der Waals surface area (Å²) in [4.78, 5) is 34.6. The molecule has 0 fully saturated rings. The molecule has 1 aromatic heterocycles. The summed E-state index contributed by atoms with van der Waals surface area (Å²) in [5, 5.41) is 11.8. The number of nitro benzene ring substituents is 1. The summed E-state index contributed by atoms with van der Waals surface area (Å²) < 4.78 is 10.5. The highest BCUT2D eigenvalue weighted by molar-refractivity contribution is 5.98. The maximum absolute atomic E-state index is 12.2. The lowest BCUT2D eigenvalue weighted by molar-refractivity contribution is -0.385. The second-order valence-corrected chi connectivity index (χ2v) is 6.28. The van der Waals surface area contributed by atoms with E-state index in [-0.39, 0.29) is 17.7 Å². The zero-order valence-electron chi connectivity index (χ0n) is 14.9. The van der Waals surface area contributed by atoms with Gasteiger partial charge in [-0.05, 0) is 25.5 Å². The predicted octanol–water partition coefficient (Wildman–Crippen LogP) is 3.93. The predicted molar refractivity (Wildman–Crippen MR) is 97.8 cm³/mol. The van der Waals surface area contributed by atoms with E-state index in [1.54, 1.807) is 6.92 Å². The van der Waals surface area contributed by atoms with Crippen molar-refractivity contribution in [2.24, 2.45) is 0 Å². The average molecular weight is 367 g/mol. The lowest BCUT2D eigenvalue weighted by Crippen LogP contribution is -2.15. The number of hydrogen-bond acceptors (Lipinski definition) is 6. The van der Waals surface area contributed by atoms with Crippen molar-refractivity contribution >= 4 is 28.4 Å². The first-order valence-corrected chi connectivity index (χ1v) is 8.26. The van der Waals surface area contributed by atoms with Gasteiger partial charge in [0.2, 0.25) is 5.78 Å². The van der Waals surface area contributed by atoms with Crippen molar-refractivity contribution in [1.82, 2.24) is 0 Å². The molecule has 3 aromatic rings. The van der Waals surface area contributed by atoms with Crippen molar-refractivity contribution in [2.75, 3.05) is 6.61 Å². The van der Waals surface area contributed by atoms with Crippen molar-refractivity contribution in [1.29, 1.82) is 0 Å². The third kappa shape index (κ3) is 4.03. The summed E-state index contributed by atoms with van der Waals surface area (Å²) >= 11 is 0. The molecular weight excluding hydrogens is 350 g/mol. The van der Waals surface area contributed by atoms with Crippen LogP contribution in [0, 0.1) is 24.0 Å². The lowest BCUT2D eigenvalue weighted by Gasteiger charge is -2.05. The zero-order chi connectivity index (χ0) is 19.6. The number of aryl methyl sites for hydroxylation is 2. The van der Waals surface area contributed by atoms with Gasteiger partial charge in [-0.1, -0.05) is 24.3 Å². The molecule has 27 heavy (non-hydrogen) atoms. The first kappa shape index (κ1) is 18.3. The van der Waals surface area contributed by atoms with Crippen LogP contribution < -0.4 is 0 Å². The number of carbonyl (C=O) groups is 2. The van der Waals surface area contributed by atoms with Crippen LogP contribution in [0.1, 0.15) is 27.0 Å². The molecule has 0 unspecified atom stereocenters. The summed E-state index contributed by atoms with van der Waals surface area (Å²) in [5.41, 5.74) is 2.84. The molecule has 0 N–H and O–H groups in total. The Morgan fingerprint density at radius 3 is 2.67 bits per heavy atom. The van der Waals surface area contributed by atoms with E-state index in [4.69, 9.17) is 9.15 Å². The molecule has 0 bridgehead atoms.